The Kier molecular flexibility index (Phi) is 6.97. The minimum Gasteiger partial charge on any atom is -0.458 e. The van der Waals surface area contributed by atoms with Crippen LogP contribution in [0.2, 0.25) is 0 Å². The van der Waals surface area contributed by atoms with Crippen LogP contribution in [-0.4, -0.2) is 45.0 Å². The third-order valence-electron chi connectivity index (χ3n) is 5.79. The van der Waals surface area contributed by atoms with E-state index >= 15 is 0 Å². The van der Waals surface area contributed by atoms with Crippen molar-refractivity contribution in [1.82, 2.24) is 4.31 Å². The molecular weight excluding hydrogens is 458 g/mol. The standard InChI is InChI=1S/C25H25NO7S/c1-17-3-9-22-20(15-24(28)33-25(22)18(17)2)16-32-23(27)10-6-19-4-7-21(8-5-19)34(29,30)26-11-13-31-14-12-26/h3-10,15H,11-14,16H2,1-2H3/b10-6+. The van der Waals surface area contributed by atoms with Gasteiger partial charge in [-0.05, 0) is 48.7 Å². The number of rotatable bonds is 6. The van der Waals surface area contributed by atoms with E-state index in [-0.39, 0.29) is 11.5 Å². The lowest BCUT2D eigenvalue weighted by Gasteiger charge is -2.26. The first-order valence-electron chi connectivity index (χ1n) is 10.8. The second-order valence-corrected chi connectivity index (χ2v) is 9.94. The number of nitrogens with zero attached hydrogens (tertiary/aromatic N) is 1. The highest BCUT2D eigenvalue weighted by Crippen LogP contribution is 2.24. The van der Waals surface area contributed by atoms with Crippen molar-refractivity contribution in [1.29, 1.82) is 0 Å². The van der Waals surface area contributed by atoms with Crippen LogP contribution in [0.25, 0.3) is 17.0 Å². The summed E-state index contributed by atoms with van der Waals surface area (Å²) in [5.74, 6) is -0.588. The van der Waals surface area contributed by atoms with Crippen molar-refractivity contribution < 1.29 is 27.1 Å². The lowest BCUT2D eigenvalue weighted by atomic mass is 10.0. The van der Waals surface area contributed by atoms with Gasteiger partial charge in [-0.1, -0.05) is 24.3 Å². The third kappa shape index (κ3) is 5.11. The molecule has 0 bridgehead atoms. The van der Waals surface area contributed by atoms with Crippen molar-refractivity contribution in [2.45, 2.75) is 25.3 Å². The Labute approximate surface area is 197 Å². The number of aryl methyl sites for hydroxylation is 2. The number of morpholine rings is 1. The molecule has 3 aromatic rings. The Morgan fingerprint density at radius 3 is 2.50 bits per heavy atom. The van der Waals surface area contributed by atoms with Crippen LogP contribution in [-0.2, 0) is 30.9 Å². The van der Waals surface area contributed by atoms with Crippen molar-refractivity contribution in [3.8, 4) is 0 Å². The number of carbonyl (C=O) groups excluding carboxylic acids is 1. The van der Waals surface area contributed by atoms with Crippen molar-refractivity contribution >= 4 is 33.0 Å². The van der Waals surface area contributed by atoms with Crippen LogP contribution in [0.1, 0.15) is 22.3 Å². The van der Waals surface area contributed by atoms with Gasteiger partial charge in [-0.2, -0.15) is 4.31 Å². The van der Waals surface area contributed by atoms with Gasteiger partial charge in [-0.25, -0.2) is 18.0 Å². The van der Waals surface area contributed by atoms with E-state index in [1.807, 2.05) is 26.0 Å². The smallest absolute Gasteiger partial charge is 0.336 e. The maximum Gasteiger partial charge on any atom is 0.336 e. The molecule has 2 aromatic carbocycles. The summed E-state index contributed by atoms with van der Waals surface area (Å²) in [5, 5.41) is 0.719. The molecule has 0 N–H and O–H groups in total. The summed E-state index contributed by atoms with van der Waals surface area (Å²) >= 11 is 0. The van der Waals surface area contributed by atoms with Crippen LogP contribution >= 0.6 is 0 Å². The van der Waals surface area contributed by atoms with Gasteiger partial charge in [0.15, 0.2) is 0 Å². The largest absolute Gasteiger partial charge is 0.458 e. The Hall–Kier alpha value is -3.27. The molecule has 1 aromatic heterocycles. The van der Waals surface area contributed by atoms with Crippen molar-refractivity contribution in [2.75, 3.05) is 26.3 Å². The summed E-state index contributed by atoms with van der Waals surface area (Å²) < 4.78 is 42.6. The van der Waals surface area contributed by atoms with Gasteiger partial charge >= 0.3 is 11.6 Å². The normalized spacial score (nSPS) is 15.1. The first-order valence-corrected chi connectivity index (χ1v) is 12.3. The highest BCUT2D eigenvalue weighted by Gasteiger charge is 2.26. The Bertz CT molecular complexity index is 1400. The van der Waals surface area contributed by atoms with E-state index in [0.29, 0.717) is 43.0 Å². The molecule has 1 aliphatic heterocycles. The lowest BCUT2D eigenvalue weighted by molar-refractivity contribution is -0.138. The van der Waals surface area contributed by atoms with Gasteiger partial charge in [0.2, 0.25) is 10.0 Å². The molecule has 1 aliphatic rings. The van der Waals surface area contributed by atoms with Crippen LogP contribution in [0.5, 0.6) is 0 Å². The molecular formula is C25H25NO7S. The van der Waals surface area contributed by atoms with E-state index in [1.54, 1.807) is 18.2 Å². The second kappa shape index (κ2) is 9.92. The van der Waals surface area contributed by atoms with Gasteiger partial charge in [0.05, 0.1) is 18.1 Å². The van der Waals surface area contributed by atoms with Gasteiger partial charge in [0.25, 0.3) is 0 Å². The van der Waals surface area contributed by atoms with Crippen LogP contribution in [0, 0.1) is 13.8 Å². The zero-order chi connectivity index (χ0) is 24.3. The molecule has 0 atom stereocenters. The molecule has 0 radical (unpaired) electrons. The topological polar surface area (TPSA) is 103 Å². The second-order valence-electron chi connectivity index (χ2n) is 8.00. The van der Waals surface area contributed by atoms with Gasteiger partial charge in [-0.15, -0.1) is 0 Å². The molecule has 0 amide bonds. The number of carbonyl (C=O) groups is 1. The lowest BCUT2D eigenvalue weighted by Crippen LogP contribution is -2.40. The fourth-order valence-corrected chi connectivity index (χ4v) is 5.10. The highest BCUT2D eigenvalue weighted by atomic mass is 32.2. The van der Waals surface area contributed by atoms with E-state index in [4.69, 9.17) is 13.9 Å². The van der Waals surface area contributed by atoms with Gasteiger partial charge in [0.1, 0.15) is 12.2 Å². The van der Waals surface area contributed by atoms with Crippen molar-refractivity contribution in [2.24, 2.45) is 0 Å². The minimum atomic E-state index is -3.57. The van der Waals surface area contributed by atoms with Gasteiger partial charge < -0.3 is 13.9 Å². The maximum absolute atomic E-state index is 12.7. The van der Waals surface area contributed by atoms with E-state index in [2.05, 4.69) is 0 Å². The number of ether oxygens (including phenoxy) is 2. The molecule has 9 heteroatoms. The molecule has 8 nitrogen and oxygen atoms in total. The first kappa shape index (κ1) is 23.9. The summed E-state index contributed by atoms with van der Waals surface area (Å²) in [5.41, 5.74) is 3.05. The zero-order valence-electron chi connectivity index (χ0n) is 18.9. The molecule has 34 heavy (non-hydrogen) atoms. The molecule has 2 heterocycles. The fraction of sp³-hybridized carbons (Fsp3) is 0.280. The van der Waals surface area contributed by atoms with E-state index in [9.17, 15) is 18.0 Å². The van der Waals surface area contributed by atoms with Crippen molar-refractivity contribution in [3.05, 3.63) is 81.2 Å². The Balaban J connectivity index is 1.42. The number of benzene rings is 2. The average molecular weight is 484 g/mol. The number of hydrogen-bond acceptors (Lipinski definition) is 7. The third-order valence-corrected chi connectivity index (χ3v) is 7.70. The quantitative estimate of drug-likeness (QED) is 0.301. The number of fused-ring (bicyclic) bond motifs is 1. The predicted molar refractivity (Wildman–Crippen MR) is 127 cm³/mol. The van der Waals surface area contributed by atoms with Crippen LogP contribution in [0.4, 0.5) is 0 Å². The number of sulfonamides is 1. The molecule has 0 aliphatic carbocycles. The summed E-state index contributed by atoms with van der Waals surface area (Å²) in [6.45, 7) is 5.13. The van der Waals surface area contributed by atoms with Gasteiger partial charge in [0, 0.05) is 36.2 Å². The summed E-state index contributed by atoms with van der Waals surface area (Å²) in [4.78, 5) is 24.4. The van der Waals surface area contributed by atoms with Gasteiger partial charge in [-0.3, -0.25) is 0 Å². The molecule has 1 fully saturated rings. The summed E-state index contributed by atoms with van der Waals surface area (Å²) in [6, 6.07) is 11.3. The van der Waals surface area contributed by atoms with E-state index in [0.717, 1.165) is 16.5 Å². The highest BCUT2D eigenvalue weighted by molar-refractivity contribution is 7.89. The molecule has 0 saturated carbocycles. The first-order chi connectivity index (χ1) is 16.3. The zero-order valence-corrected chi connectivity index (χ0v) is 19.8. The van der Waals surface area contributed by atoms with E-state index in [1.165, 1.54) is 28.6 Å². The SMILES string of the molecule is Cc1ccc2c(COC(=O)/C=C/c3ccc(S(=O)(=O)N4CCOCC4)cc3)cc(=O)oc2c1C. The van der Waals surface area contributed by atoms with Crippen LogP contribution in [0.3, 0.4) is 0 Å². The summed E-state index contributed by atoms with van der Waals surface area (Å²) in [6.07, 6.45) is 2.80. The number of hydrogen-bond donors (Lipinski definition) is 0. The molecule has 0 unspecified atom stereocenters. The molecule has 0 spiro atoms. The maximum atomic E-state index is 12.7. The fourth-order valence-electron chi connectivity index (χ4n) is 3.69. The molecule has 1 saturated heterocycles. The monoisotopic (exact) mass is 483 g/mol. The average Bonchev–Trinajstić information content (AvgIpc) is 2.84. The predicted octanol–water partition coefficient (Wildman–Crippen LogP) is 3.19. The molecule has 178 valence electrons. The Morgan fingerprint density at radius 1 is 1.09 bits per heavy atom. The Morgan fingerprint density at radius 2 is 1.79 bits per heavy atom. The summed E-state index contributed by atoms with van der Waals surface area (Å²) in [7, 11) is -3.57. The van der Waals surface area contributed by atoms with Crippen molar-refractivity contribution in [3.63, 3.8) is 0 Å². The number of esters is 1. The minimum absolute atomic E-state index is 0.0789. The van der Waals surface area contributed by atoms with Crippen LogP contribution in [0.15, 0.2) is 62.6 Å². The van der Waals surface area contributed by atoms with E-state index < -0.39 is 21.6 Å². The van der Waals surface area contributed by atoms with Crippen LogP contribution < -0.4 is 5.63 Å². The molecule has 4 rings (SSSR count).